The number of rotatable bonds is 2. The Kier molecular flexibility index (Phi) is 2.58. The first-order valence-electron chi connectivity index (χ1n) is 5.03. The van der Waals surface area contributed by atoms with Gasteiger partial charge in [-0.2, -0.15) is 0 Å². The predicted octanol–water partition coefficient (Wildman–Crippen LogP) is 3.74. The molecule has 1 heterocycles. The quantitative estimate of drug-likeness (QED) is 0.763. The van der Waals surface area contributed by atoms with E-state index in [1.54, 1.807) is 24.5 Å². The summed E-state index contributed by atoms with van der Waals surface area (Å²) in [4.78, 5) is 2.93. The van der Waals surface area contributed by atoms with Gasteiger partial charge in [-0.05, 0) is 23.6 Å². The second-order valence-electron chi connectivity index (χ2n) is 3.87. The largest absolute Gasteiger partial charge is 0.367 e. The molecule has 0 spiro atoms. The molecule has 1 aromatic carbocycles. The minimum absolute atomic E-state index is 0.156. The molecule has 0 aliphatic rings. The highest BCUT2D eigenvalue weighted by atomic mass is 19.1. The van der Waals surface area contributed by atoms with E-state index in [0.717, 1.165) is 5.56 Å². The van der Waals surface area contributed by atoms with Crippen molar-refractivity contribution in [3.63, 3.8) is 0 Å². The van der Waals surface area contributed by atoms with Crippen molar-refractivity contribution < 1.29 is 4.39 Å². The van der Waals surface area contributed by atoms with Gasteiger partial charge >= 0.3 is 0 Å². The summed E-state index contributed by atoms with van der Waals surface area (Å²) in [7, 11) is 0. The van der Waals surface area contributed by atoms with Crippen molar-refractivity contribution >= 4 is 0 Å². The lowest BCUT2D eigenvalue weighted by Crippen LogP contribution is -1.95. The number of nitrogens with one attached hydrogen (secondary N) is 1. The van der Waals surface area contributed by atoms with Crippen LogP contribution in [0.25, 0.3) is 11.1 Å². The first-order chi connectivity index (χ1) is 7.20. The third-order valence-corrected chi connectivity index (χ3v) is 2.45. The zero-order valence-corrected chi connectivity index (χ0v) is 8.84. The number of hydrogen-bond acceptors (Lipinski definition) is 0. The second-order valence-corrected chi connectivity index (χ2v) is 3.87. The molecule has 0 atom stereocenters. The van der Waals surface area contributed by atoms with Crippen molar-refractivity contribution in [3.05, 3.63) is 48.0 Å². The average molecular weight is 202 g/mol. The van der Waals surface area contributed by atoms with Crippen LogP contribution < -0.4 is 0 Å². The van der Waals surface area contributed by atoms with Crippen LogP contribution in [0.3, 0.4) is 0 Å². The van der Waals surface area contributed by atoms with Gasteiger partial charge in [0.1, 0.15) is 5.82 Å². The lowest BCUT2D eigenvalue weighted by molar-refractivity contribution is 0.601. The molecule has 0 bridgehead atoms. The molecule has 15 heavy (non-hydrogen) atoms. The van der Waals surface area contributed by atoms with Crippen LogP contribution in [-0.2, 0) is 0 Å². The third-order valence-electron chi connectivity index (χ3n) is 2.45. The number of hydrogen-bond donors (Lipinski definition) is 1. The SMILES string of the molecule is CC(C)c1[c]ccc(-c2cc[nH]c2)c1F. The molecule has 77 valence electrons. The molecule has 0 unspecified atom stereocenters. The van der Waals surface area contributed by atoms with Crippen molar-refractivity contribution in [1.29, 1.82) is 0 Å². The highest BCUT2D eigenvalue weighted by molar-refractivity contribution is 5.64. The van der Waals surface area contributed by atoms with Gasteiger partial charge in [0.05, 0.1) is 0 Å². The Morgan fingerprint density at radius 3 is 2.73 bits per heavy atom. The molecule has 0 aliphatic heterocycles. The third kappa shape index (κ3) is 1.80. The van der Waals surface area contributed by atoms with E-state index in [9.17, 15) is 4.39 Å². The van der Waals surface area contributed by atoms with E-state index in [2.05, 4.69) is 11.1 Å². The van der Waals surface area contributed by atoms with E-state index in [0.29, 0.717) is 11.1 Å². The van der Waals surface area contributed by atoms with Crippen molar-refractivity contribution in [3.8, 4) is 11.1 Å². The van der Waals surface area contributed by atoms with Crippen LogP contribution in [0, 0.1) is 11.9 Å². The van der Waals surface area contributed by atoms with Crippen molar-refractivity contribution in [1.82, 2.24) is 4.98 Å². The smallest absolute Gasteiger partial charge is 0.135 e. The van der Waals surface area contributed by atoms with Gasteiger partial charge in [0, 0.05) is 23.5 Å². The first-order valence-corrected chi connectivity index (χ1v) is 5.03. The highest BCUT2D eigenvalue weighted by Crippen LogP contribution is 2.27. The van der Waals surface area contributed by atoms with Gasteiger partial charge in [-0.1, -0.05) is 26.0 Å². The molecule has 2 rings (SSSR count). The van der Waals surface area contributed by atoms with Crippen LogP contribution in [0.2, 0.25) is 0 Å². The Balaban J connectivity index is 2.54. The molecular formula is C13H13FN. The van der Waals surface area contributed by atoms with E-state index in [4.69, 9.17) is 0 Å². The molecular weight excluding hydrogens is 189 g/mol. The summed E-state index contributed by atoms with van der Waals surface area (Å²) < 4.78 is 14.0. The minimum Gasteiger partial charge on any atom is -0.367 e. The standard InChI is InChI=1S/C13H13FN/c1-9(2)11-4-3-5-12(13(11)14)10-6-7-15-8-10/h3,5-9,15H,1-2H3. The average Bonchev–Trinajstić information content (AvgIpc) is 2.70. The zero-order chi connectivity index (χ0) is 10.8. The Morgan fingerprint density at radius 2 is 2.13 bits per heavy atom. The van der Waals surface area contributed by atoms with Gasteiger partial charge in [-0.25, -0.2) is 4.39 Å². The van der Waals surface area contributed by atoms with Crippen molar-refractivity contribution in [2.75, 3.05) is 0 Å². The Morgan fingerprint density at radius 1 is 1.33 bits per heavy atom. The number of aromatic amines is 1. The molecule has 1 nitrogen and oxygen atoms in total. The number of aromatic nitrogens is 1. The molecule has 0 saturated heterocycles. The number of H-pyrrole nitrogens is 1. The fraction of sp³-hybridized carbons (Fsp3) is 0.231. The van der Waals surface area contributed by atoms with Crippen molar-refractivity contribution in [2.45, 2.75) is 19.8 Å². The second kappa shape index (κ2) is 3.89. The normalized spacial score (nSPS) is 10.9. The lowest BCUT2D eigenvalue weighted by atomic mass is 9.97. The Hall–Kier alpha value is -1.57. The van der Waals surface area contributed by atoms with E-state index >= 15 is 0 Å². The molecule has 0 fully saturated rings. The summed E-state index contributed by atoms with van der Waals surface area (Å²) in [6.45, 7) is 3.94. The monoisotopic (exact) mass is 202 g/mol. The summed E-state index contributed by atoms with van der Waals surface area (Å²) >= 11 is 0. The van der Waals surface area contributed by atoms with E-state index in [-0.39, 0.29) is 11.7 Å². The van der Waals surface area contributed by atoms with Gasteiger partial charge < -0.3 is 4.98 Å². The summed E-state index contributed by atoms with van der Waals surface area (Å²) in [6, 6.07) is 8.35. The Bertz CT molecular complexity index is 444. The zero-order valence-electron chi connectivity index (χ0n) is 8.84. The molecule has 1 N–H and O–H groups in total. The van der Waals surface area contributed by atoms with Crippen LogP contribution in [0.5, 0.6) is 0 Å². The van der Waals surface area contributed by atoms with Gasteiger partial charge in [0.15, 0.2) is 0 Å². The van der Waals surface area contributed by atoms with Crippen LogP contribution >= 0.6 is 0 Å². The molecule has 2 heteroatoms. The molecule has 2 aromatic rings. The topological polar surface area (TPSA) is 15.8 Å². The number of halogens is 1. The fourth-order valence-electron chi connectivity index (χ4n) is 1.63. The van der Waals surface area contributed by atoms with Gasteiger partial charge in [-0.15, -0.1) is 0 Å². The molecule has 1 radical (unpaired) electrons. The summed E-state index contributed by atoms with van der Waals surface area (Å²) in [6.07, 6.45) is 3.59. The summed E-state index contributed by atoms with van der Waals surface area (Å²) in [5, 5.41) is 0. The molecule has 0 amide bonds. The fourth-order valence-corrected chi connectivity index (χ4v) is 1.63. The van der Waals surface area contributed by atoms with Crippen molar-refractivity contribution in [2.24, 2.45) is 0 Å². The van der Waals surface area contributed by atoms with Crippen LogP contribution in [0.4, 0.5) is 4.39 Å². The van der Waals surface area contributed by atoms with Gasteiger partial charge in [0.25, 0.3) is 0 Å². The van der Waals surface area contributed by atoms with Crippen LogP contribution in [0.1, 0.15) is 25.3 Å². The van der Waals surface area contributed by atoms with Crippen LogP contribution in [0.15, 0.2) is 30.6 Å². The van der Waals surface area contributed by atoms with Gasteiger partial charge in [0.2, 0.25) is 0 Å². The number of benzene rings is 1. The van der Waals surface area contributed by atoms with Crippen LogP contribution in [-0.4, -0.2) is 4.98 Å². The minimum atomic E-state index is -0.160. The lowest BCUT2D eigenvalue weighted by Gasteiger charge is -2.09. The first kappa shape index (κ1) is 9.97. The van der Waals surface area contributed by atoms with Gasteiger partial charge in [-0.3, -0.25) is 0 Å². The van der Waals surface area contributed by atoms with E-state index in [1.165, 1.54) is 0 Å². The maximum atomic E-state index is 14.0. The predicted molar refractivity (Wildman–Crippen MR) is 59.1 cm³/mol. The maximum Gasteiger partial charge on any atom is 0.135 e. The van der Waals surface area contributed by atoms with E-state index in [1.807, 2.05) is 19.9 Å². The Labute approximate surface area is 89.0 Å². The summed E-state index contributed by atoms with van der Waals surface area (Å²) in [5.74, 6) is -0.00371. The van der Waals surface area contributed by atoms with E-state index < -0.39 is 0 Å². The molecule has 0 saturated carbocycles. The summed E-state index contributed by atoms with van der Waals surface area (Å²) in [5.41, 5.74) is 2.16. The maximum absolute atomic E-state index is 14.0. The molecule has 0 aliphatic carbocycles. The molecule has 1 aromatic heterocycles. The highest BCUT2D eigenvalue weighted by Gasteiger charge is 2.12.